The fourth-order valence-corrected chi connectivity index (χ4v) is 3.03. The Hall–Kier alpha value is -0.970. The molecule has 2 N–H and O–H groups in total. The minimum absolute atomic E-state index is 0.0688. The zero-order chi connectivity index (χ0) is 15.4. The summed E-state index contributed by atoms with van der Waals surface area (Å²) < 4.78 is 13.0. The standard InChI is InChI=1S/C17H28FN3/c1-4-13(2)20-9-11-21(12-10-20)14(3)17(19)15-5-7-16(18)8-6-15/h5-8,13-14,17H,4,9-12,19H2,1-3H3. The van der Waals surface area contributed by atoms with Gasteiger partial charge in [0.25, 0.3) is 0 Å². The van der Waals surface area contributed by atoms with Crippen LogP contribution in [0.1, 0.15) is 38.8 Å². The molecule has 1 aliphatic rings. The van der Waals surface area contributed by atoms with Crippen molar-refractivity contribution < 1.29 is 4.39 Å². The van der Waals surface area contributed by atoms with Crippen molar-refractivity contribution in [1.82, 2.24) is 9.80 Å². The molecule has 1 aromatic rings. The first-order valence-corrected chi connectivity index (χ1v) is 8.02. The molecule has 21 heavy (non-hydrogen) atoms. The molecule has 3 atom stereocenters. The average Bonchev–Trinajstić information content (AvgIpc) is 2.53. The lowest BCUT2D eigenvalue weighted by molar-refractivity contribution is 0.0695. The number of rotatable bonds is 5. The van der Waals surface area contributed by atoms with Crippen LogP contribution in [0, 0.1) is 5.82 Å². The lowest BCUT2D eigenvalue weighted by atomic mass is 9.99. The van der Waals surface area contributed by atoms with Crippen LogP contribution in [0.4, 0.5) is 4.39 Å². The van der Waals surface area contributed by atoms with E-state index in [0.29, 0.717) is 6.04 Å². The van der Waals surface area contributed by atoms with E-state index in [9.17, 15) is 4.39 Å². The van der Waals surface area contributed by atoms with E-state index in [2.05, 4.69) is 30.6 Å². The van der Waals surface area contributed by atoms with Crippen molar-refractivity contribution in [3.63, 3.8) is 0 Å². The highest BCUT2D eigenvalue weighted by molar-refractivity contribution is 5.21. The Morgan fingerprint density at radius 1 is 1.05 bits per heavy atom. The van der Waals surface area contributed by atoms with Crippen LogP contribution >= 0.6 is 0 Å². The van der Waals surface area contributed by atoms with Gasteiger partial charge in [-0.3, -0.25) is 9.80 Å². The average molecular weight is 293 g/mol. The lowest BCUT2D eigenvalue weighted by Crippen LogP contribution is -2.53. The summed E-state index contributed by atoms with van der Waals surface area (Å²) in [6.07, 6.45) is 1.20. The molecule has 3 unspecified atom stereocenters. The molecule has 118 valence electrons. The third-order valence-electron chi connectivity index (χ3n) is 4.91. The number of halogens is 1. The summed E-state index contributed by atoms with van der Waals surface area (Å²) in [7, 11) is 0. The van der Waals surface area contributed by atoms with E-state index in [1.165, 1.54) is 18.6 Å². The Labute approximate surface area is 127 Å². The van der Waals surface area contributed by atoms with Crippen LogP contribution in [-0.2, 0) is 0 Å². The van der Waals surface area contributed by atoms with Crippen molar-refractivity contribution in [2.45, 2.75) is 45.3 Å². The van der Waals surface area contributed by atoms with E-state index < -0.39 is 0 Å². The number of benzene rings is 1. The zero-order valence-electron chi connectivity index (χ0n) is 13.4. The number of hydrogen-bond acceptors (Lipinski definition) is 3. The normalized spacial score (nSPS) is 22.0. The SMILES string of the molecule is CCC(C)N1CCN(C(C)C(N)c2ccc(F)cc2)CC1. The van der Waals surface area contributed by atoms with Crippen molar-refractivity contribution in [3.05, 3.63) is 35.6 Å². The molecule has 0 aliphatic carbocycles. The van der Waals surface area contributed by atoms with Crippen molar-refractivity contribution >= 4 is 0 Å². The second-order valence-electron chi connectivity index (χ2n) is 6.15. The molecule has 4 heteroatoms. The van der Waals surface area contributed by atoms with Crippen LogP contribution in [0.2, 0.25) is 0 Å². The highest BCUT2D eigenvalue weighted by atomic mass is 19.1. The molecule has 0 saturated carbocycles. The van der Waals surface area contributed by atoms with Gasteiger partial charge >= 0.3 is 0 Å². The Kier molecular flexibility index (Phi) is 5.73. The second-order valence-corrected chi connectivity index (χ2v) is 6.15. The van der Waals surface area contributed by atoms with E-state index in [1.54, 1.807) is 12.1 Å². The predicted octanol–water partition coefficient (Wildman–Crippen LogP) is 2.63. The first kappa shape index (κ1) is 16.4. The van der Waals surface area contributed by atoms with Crippen LogP contribution < -0.4 is 5.73 Å². The maximum absolute atomic E-state index is 13.0. The van der Waals surface area contributed by atoms with E-state index in [0.717, 1.165) is 31.7 Å². The van der Waals surface area contributed by atoms with Crippen molar-refractivity contribution in [2.24, 2.45) is 5.73 Å². The summed E-state index contributed by atoms with van der Waals surface area (Å²) >= 11 is 0. The van der Waals surface area contributed by atoms with Crippen molar-refractivity contribution in [3.8, 4) is 0 Å². The first-order valence-electron chi connectivity index (χ1n) is 8.02. The van der Waals surface area contributed by atoms with Gasteiger partial charge < -0.3 is 5.73 Å². The zero-order valence-corrected chi connectivity index (χ0v) is 13.4. The summed E-state index contributed by atoms with van der Waals surface area (Å²) in [4.78, 5) is 5.00. The molecule has 0 radical (unpaired) electrons. The lowest BCUT2D eigenvalue weighted by Gasteiger charge is -2.42. The van der Waals surface area contributed by atoms with Gasteiger partial charge in [0.15, 0.2) is 0 Å². The smallest absolute Gasteiger partial charge is 0.123 e. The van der Waals surface area contributed by atoms with Crippen LogP contribution in [0.25, 0.3) is 0 Å². The summed E-state index contributed by atoms with van der Waals surface area (Å²) in [5, 5.41) is 0. The maximum atomic E-state index is 13.0. The number of nitrogens with two attached hydrogens (primary N) is 1. The van der Waals surface area contributed by atoms with Crippen LogP contribution in [-0.4, -0.2) is 48.1 Å². The molecule has 1 aromatic carbocycles. The quantitative estimate of drug-likeness (QED) is 0.906. The molecule has 1 aliphatic heterocycles. The molecule has 0 spiro atoms. The molecule has 3 nitrogen and oxygen atoms in total. The summed E-state index contributed by atoms with van der Waals surface area (Å²) in [5.41, 5.74) is 7.37. The third kappa shape index (κ3) is 4.02. The summed E-state index contributed by atoms with van der Waals surface area (Å²) in [6.45, 7) is 11.0. The number of piperazine rings is 1. The van der Waals surface area contributed by atoms with Gasteiger partial charge in [0.05, 0.1) is 0 Å². The van der Waals surface area contributed by atoms with E-state index in [-0.39, 0.29) is 17.9 Å². The van der Waals surface area contributed by atoms with E-state index in [4.69, 9.17) is 5.73 Å². The Morgan fingerprint density at radius 3 is 2.10 bits per heavy atom. The molecule has 1 fully saturated rings. The Balaban J connectivity index is 1.92. The molecular formula is C17H28FN3. The second kappa shape index (κ2) is 7.34. The van der Waals surface area contributed by atoms with Crippen LogP contribution in [0.5, 0.6) is 0 Å². The molecular weight excluding hydrogens is 265 g/mol. The molecule has 2 rings (SSSR count). The molecule has 0 aromatic heterocycles. The van der Waals surface area contributed by atoms with Gasteiger partial charge in [0.1, 0.15) is 5.82 Å². The maximum Gasteiger partial charge on any atom is 0.123 e. The van der Waals surface area contributed by atoms with Crippen molar-refractivity contribution in [2.75, 3.05) is 26.2 Å². The largest absolute Gasteiger partial charge is 0.323 e. The van der Waals surface area contributed by atoms with Gasteiger partial charge in [-0.05, 0) is 38.0 Å². The minimum Gasteiger partial charge on any atom is -0.323 e. The highest BCUT2D eigenvalue weighted by Crippen LogP contribution is 2.21. The van der Waals surface area contributed by atoms with Crippen LogP contribution in [0.3, 0.4) is 0 Å². The monoisotopic (exact) mass is 293 g/mol. The first-order chi connectivity index (χ1) is 10.0. The van der Waals surface area contributed by atoms with E-state index in [1.807, 2.05) is 0 Å². The van der Waals surface area contributed by atoms with Gasteiger partial charge in [0, 0.05) is 44.3 Å². The molecule has 1 heterocycles. The van der Waals surface area contributed by atoms with Crippen LogP contribution in [0.15, 0.2) is 24.3 Å². The van der Waals surface area contributed by atoms with Gasteiger partial charge in [-0.15, -0.1) is 0 Å². The predicted molar refractivity (Wildman–Crippen MR) is 85.7 cm³/mol. The van der Waals surface area contributed by atoms with Crippen molar-refractivity contribution in [1.29, 1.82) is 0 Å². The third-order valence-corrected chi connectivity index (χ3v) is 4.91. The van der Waals surface area contributed by atoms with Gasteiger partial charge in [0.2, 0.25) is 0 Å². The Bertz CT molecular complexity index is 426. The fraction of sp³-hybridized carbons (Fsp3) is 0.647. The molecule has 0 amide bonds. The number of nitrogens with zero attached hydrogens (tertiary/aromatic N) is 2. The molecule has 0 bridgehead atoms. The number of hydrogen-bond donors (Lipinski definition) is 1. The van der Waals surface area contributed by atoms with Gasteiger partial charge in [-0.1, -0.05) is 19.1 Å². The Morgan fingerprint density at radius 2 is 1.57 bits per heavy atom. The van der Waals surface area contributed by atoms with E-state index >= 15 is 0 Å². The minimum atomic E-state index is -0.208. The fourth-order valence-electron chi connectivity index (χ4n) is 3.03. The molecule has 1 saturated heterocycles. The van der Waals surface area contributed by atoms with Gasteiger partial charge in [-0.2, -0.15) is 0 Å². The summed E-state index contributed by atoms with van der Waals surface area (Å²) in [5.74, 6) is -0.208. The summed E-state index contributed by atoms with van der Waals surface area (Å²) in [6, 6.07) is 7.44. The topological polar surface area (TPSA) is 32.5 Å². The van der Waals surface area contributed by atoms with Gasteiger partial charge in [-0.25, -0.2) is 4.39 Å². The highest BCUT2D eigenvalue weighted by Gasteiger charge is 2.26.